The molecule has 0 aromatic heterocycles. The maximum absolute atomic E-state index is 6.53. The fourth-order valence-corrected chi connectivity index (χ4v) is 2.88. The van der Waals surface area contributed by atoms with Gasteiger partial charge in [0.1, 0.15) is 0 Å². The Morgan fingerprint density at radius 2 is 1.88 bits per heavy atom. The molecule has 88 valence electrons. The summed E-state index contributed by atoms with van der Waals surface area (Å²) in [5.74, 6) is 0.721. The van der Waals surface area contributed by atoms with Crippen molar-refractivity contribution in [3.63, 3.8) is 0 Å². The van der Waals surface area contributed by atoms with E-state index in [1.54, 1.807) is 0 Å². The van der Waals surface area contributed by atoms with Gasteiger partial charge in [0, 0.05) is 0 Å². The minimum atomic E-state index is 0.241. The topological polar surface area (TPSA) is 0 Å². The zero-order valence-corrected chi connectivity index (χ0v) is 11.1. The normalized spacial score (nSPS) is 18.2. The zero-order valence-electron chi connectivity index (χ0n) is 10.3. The van der Waals surface area contributed by atoms with Crippen LogP contribution < -0.4 is 0 Å². The molecule has 0 bridgehead atoms. The maximum atomic E-state index is 6.53. The van der Waals surface area contributed by atoms with Crippen molar-refractivity contribution in [2.24, 2.45) is 5.92 Å². The van der Waals surface area contributed by atoms with Crippen molar-refractivity contribution in [1.29, 1.82) is 0 Å². The van der Waals surface area contributed by atoms with Crippen molar-refractivity contribution >= 4 is 11.6 Å². The van der Waals surface area contributed by atoms with Crippen molar-refractivity contribution < 1.29 is 0 Å². The highest BCUT2D eigenvalue weighted by atomic mass is 35.5. The highest BCUT2D eigenvalue weighted by Gasteiger charge is 2.26. The Kier molecular flexibility index (Phi) is 3.91. The Labute approximate surface area is 104 Å². The van der Waals surface area contributed by atoms with Crippen LogP contribution in [-0.2, 0) is 12.8 Å². The molecular formula is C15H21Cl. The Morgan fingerprint density at radius 3 is 2.38 bits per heavy atom. The van der Waals surface area contributed by atoms with E-state index >= 15 is 0 Å². The monoisotopic (exact) mass is 236 g/mol. The van der Waals surface area contributed by atoms with Crippen LogP contribution in [0, 0.1) is 5.92 Å². The lowest BCUT2D eigenvalue weighted by Crippen LogP contribution is -2.16. The molecule has 16 heavy (non-hydrogen) atoms. The van der Waals surface area contributed by atoms with Crippen molar-refractivity contribution in [1.82, 2.24) is 0 Å². The van der Waals surface area contributed by atoms with Gasteiger partial charge in [0.25, 0.3) is 0 Å². The minimum Gasteiger partial charge on any atom is -0.118 e. The SMILES string of the molecule is CCc1ccc(C(Cl)C2CCC2)cc1CC. The van der Waals surface area contributed by atoms with Gasteiger partial charge in [0.05, 0.1) is 5.38 Å². The molecule has 1 aliphatic rings. The fourth-order valence-electron chi connectivity index (χ4n) is 2.50. The average Bonchev–Trinajstić information content (AvgIpc) is 2.25. The summed E-state index contributed by atoms with van der Waals surface area (Å²) in [4.78, 5) is 0. The smallest absolute Gasteiger partial charge is 0.0613 e. The van der Waals surface area contributed by atoms with Crippen molar-refractivity contribution in [3.8, 4) is 0 Å². The van der Waals surface area contributed by atoms with Crippen LogP contribution >= 0.6 is 11.6 Å². The molecule has 0 N–H and O–H groups in total. The van der Waals surface area contributed by atoms with Crippen LogP contribution in [0.3, 0.4) is 0 Å². The standard InChI is InChI=1S/C15H21Cl/c1-3-11-8-9-14(10-12(11)4-2)15(16)13-6-5-7-13/h8-10,13,15H,3-7H2,1-2H3. The minimum absolute atomic E-state index is 0.241. The lowest BCUT2D eigenvalue weighted by Gasteiger charge is -2.30. The van der Waals surface area contributed by atoms with Crippen molar-refractivity contribution in [3.05, 3.63) is 34.9 Å². The third-order valence-corrected chi connectivity index (χ3v) is 4.48. The lowest BCUT2D eigenvalue weighted by molar-refractivity contribution is 0.305. The second-order valence-corrected chi connectivity index (χ2v) is 5.30. The van der Waals surface area contributed by atoms with Crippen LogP contribution in [0.5, 0.6) is 0 Å². The van der Waals surface area contributed by atoms with Crippen molar-refractivity contribution in [2.45, 2.75) is 51.3 Å². The molecule has 1 saturated carbocycles. The lowest BCUT2D eigenvalue weighted by atomic mass is 9.80. The maximum Gasteiger partial charge on any atom is 0.0613 e. The molecule has 1 aromatic carbocycles. The van der Waals surface area contributed by atoms with Gasteiger partial charge in [-0.05, 0) is 48.3 Å². The van der Waals surface area contributed by atoms with Crippen LogP contribution in [0.1, 0.15) is 55.2 Å². The first-order valence-electron chi connectivity index (χ1n) is 6.52. The number of aryl methyl sites for hydroxylation is 2. The Bertz CT molecular complexity index is 352. The fraction of sp³-hybridized carbons (Fsp3) is 0.600. The van der Waals surface area contributed by atoms with Gasteiger partial charge in [-0.15, -0.1) is 11.6 Å². The Balaban J connectivity index is 2.20. The van der Waals surface area contributed by atoms with E-state index in [-0.39, 0.29) is 5.38 Å². The second kappa shape index (κ2) is 5.23. The Morgan fingerprint density at radius 1 is 1.19 bits per heavy atom. The molecule has 0 saturated heterocycles. The van der Waals surface area contributed by atoms with Crippen LogP contribution in [0.25, 0.3) is 0 Å². The van der Waals surface area contributed by atoms with E-state index in [9.17, 15) is 0 Å². The number of halogens is 1. The van der Waals surface area contributed by atoms with Gasteiger partial charge < -0.3 is 0 Å². The molecule has 0 aliphatic heterocycles. The van der Waals surface area contributed by atoms with Crippen molar-refractivity contribution in [2.75, 3.05) is 0 Å². The summed E-state index contributed by atoms with van der Waals surface area (Å²) >= 11 is 6.53. The summed E-state index contributed by atoms with van der Waals surface area (Å²) < 4.78 is 0. The van der Waals surface area contributed by atoms with E-state index in [1.165, 1.54) is 36.0 Å². The van der Waals surface area contributed by atoms with Crippen LogP contribution in [0.2, 0.25) is 0 Å². The summed E-state index contributed by atoms with van der Waals surface area (Å²) in [5.41, 5.74) is 4.29. The van der Waals surface area contributed by atoms with Gasteiger partial charge >= 0.3 is 0 Å². The largest absolute Gasteiger partial charge is 0.118 e. The molecule has 0 radical (unpaired) electrons. The summed E-state index contributed by atoms with van der Waals surface area (Å²) in [6.07, 6.45) is 6.23. The van der Waals surface area contributed by atoms with E-state index in [0.717, 1.165) is 18.8 Å². The quantitative estimate of drug-likeness (QED) is 0.653. The molecule has 1 heteroatoms. The molecular weight excluding hydrogens is 216 g/mol. The number of benzene rings is 1. The molecule has 2 rings (SSSR count). The second-order valence-electron chi connectivity index (χ2n) is 4.83. The molecule has 1 fully saturated rings. The highest BCUT2D eigenvalue weighted by molar-refractivity contribution is 6.21. The summed E-state index contributed by atoms with van der Waals surface area (Å²) in [6.45, 7) is 4.45. The first-order valence-corrected chi connectivity index (χ1v) is 6.95. The van der Waals surface area contributed by atoms with E-state index in [2.05, 4.69) is 32.0 Å². The van der Waals surface area contributed by atoms with E-state index < -0.39 is 0 Å². The predicted octanol–water partition coefficient (Wildman–Crippen LogP) is 4.89. The molecule has 0 spiro atoms. The average molecular weight is 237 g/mol. The van der Waals surface area contributed by atoms with Gasteiger partial charge in [0.15, 0.2) is 0 Å². The zero-order chi connectivity index (χ0) is 11.5. The summed E-state index contributed by atoms with van der Waals surface area (Å²) in [5, 5.41) is 0.241. The Hall–Kier alpha value is -0.490. The van der Waals surface area contributed by atoms with Gasteiger partial charge in [-0.2, -0.15) is 0 Å². The molecule has 1 atom stereocenters. The van der Waals surface area contributed by atoms with Gasteiger partial charge in [-0.3, -0.25) is 0 Å². The molecule has 1 unspecified atom stereocenters. The molecule has 1 aromatic rings. The van der Waals surface area contributed by atoms with Gasteiger partial charge in [0.2, 0.25) is 0 Å². The first kappa shape index (κ1) is 12.0. The van der Waals surface area contributed by atoms with Gasteiger partial charge in [-0.1, -0.05) is 38.5 Å². The van der Waals surface area contributed by atoms with Crippen LogP contribution in [0.15, 0.2) is 18.2 Å². The summed E-state index contributed by atoms with van der Waals surface area (Å²) in [7, 11) is 0. The molecule has 1 aliphatic carbocycles. The molecule has 0 heterocycles. The third kappa shape index (κ3) is 2.27. The van der Waals surface area contributed by atoms with Crippen LogP contribution in [-0.4, -0.2) is 0 Å². The van der Waals surface area contributed by atoms with E-state index in [4.69, 9.17) is 11.6 Å². The van der Waals surface area contributed by atoms with E-state index in [0.29, 0.717) is 0 Å². The number of hydrogen-bond acceptors (Lipinski definition) is 0. The van der Waals surface area contributed by atoms with Crippen LogP contribution in [0.4, 0.5) is 0 Å². The molecule has 0 amide bonds. The molecule has 0 nitrogen and oxygen atoms in total. The predicted molar refractivity (Wildman–Crippen MR) is 71.1 cm³/mol. The van der Waals surface area contributed by atoms with E-state index in [1.807, 2.05) is 0 Å². The van der Waals surface area contributed by atoms with Gasteiger partial charge in [-0.25, -0.2) is 0 Å². The highest BCUT2D eigenvalue weighted by Crippen LogP contribution is 2.42. The number of alkyl halides is 1. The third-order valence-electron chi connectivity index (χ3n) is 3.87. The number of hydrogen-bond donors (Lipinski definition) is 0. The first-order chi connectivity index (χ1) is 7.76. The summed E-state index contributed by atoms with van der Waals surface area (Å²) in [6, 6.07) is 6.82. The number of rotatable bonds is 4.